The van der Waals surface area contributed by atoms with Gasteiger partial charge in [-0.25, -0.2) is 0 Å². The summed E-state index contributed by atoms with van der Waals surface area (Å²) in [5.41, 5.74) is 0.536. The van der Waals surface area contributed by atoms with Crippen molar-refractivity contribution in [2.45, 2.75) is 33.4 Å². The largest absolute Gasteiger partial charge is 0.393 e. The van der Waals surface area contributed by atoms with E-state index in [0.29, 0.717) is 11.5 Å². The van der Waals surface area contributed by atoms with Crippen molar-refractivity contribution in [2.75, 3.05) is 4.90 Å². The summed E-state index contributed by atoms with van der Waals surface area (Å²) < 4.78 is 39.6. The third kappa shape index (κ3) is 3.05. The van der Waals surface area contributed by atoms with Gasteiger partial charge in [-0.3, -0.25) is 4.68 Å². The standard InChI is InChI=1S/C14H18F3N3/c1-10-11(9-14(15,16)17)12(19(4)18-10)20-7-5-13(2,3)6-8-20/h5-8H,9H2,1-4H3. The Morgan fingerprint density at radius 3 is 2.25 bits per heavy atom. The van der Waals surface area contributed by atoms with Crippen molar-refractivity contribution in [2.24, 2.45) is 12.5 Å². The Bertz CT molecular complexity index is 549. The summed E-state index contributed by atoms with van der Waals surface area (Å²) in [6, 6.07) is 0. The molecule has 2 rings (SSSR count). The third-order valence-corrected chi connectivity index (χ3v) is 3.26. The summed E-state index contributed by atoms with van der Waals surface area (Å²) in [5, 5.41) is 4.11. The van der Waals surface area contributed by atoms with Crippen LogP contribution >= 0.6 is 0 Å². The molecule has 0 saturated carbocycles. The van der Waals surface area contributed by atoms with Gasteiger partial charge in [-0.1, -0.05) is 26.0 Å². The molecule has 1 aliphatic rings. The van der Waals surface area contributed by atoms with Crippen LogP contribution in [0.2, 0.25) is 0 Å². The Morgan fingerprint density at radius 1 is 1.20 bits per heavy atom. The van der Waals surface area contributed by atoms with Crippen molar-refractivity contribution in [1.29, 1.82) is 0 Å². The molecule has 110 valence electrons. The predicted octanol–water partition coefficient (Wildman–Crippen LogP) is 3.71. The smallest absolute Gasteiger partial charge is 0.309 e. The Balaban J connectivity index is 2.40. The molecule has 0 fully saturated rings. The number of aryl methyl sites for hydroxylation is 2. The minimum atomic E-state index is -4.25. The molecule has 0 unspecified atom stereocenters. The van der Waals surface area contributed by atoms with E-state index < -0.39 is 12.6 Å². The topological polar surface area (TPSA) is 21.1 Å². The molecule has 0 aliphatic carbocycles. The summed E-state index contributed by atoms with van der Waals surface area (Å²) in [5.74, 6) is 0.461. The molecule has 0 saturated heterocycles. The summed E-state index contributed by atoms with van der Waals surface area (Å²) in [6.45, 7) is 5.66. The fourth-order valence-electron chi connectivity index (χ4n) is 2.21. The average Bonchev–Trinajstić information content (AvgIpc) is 2.53. The third-order valence-electron chi connectivity index (χ3n) is 3.26. The number of allylic oxidation sites excluding steroid dienone is 2. The van der Waals surface area contributed by atoms with Gasteiger partial charge in [0.05, 0.1) is 12.1 Å². The Kier molecular flexibility index (Phi) is 3.44. The van der Waals surface area contributed by atoms with E-state index in [1.807, 2.05) is 26.0 Å². The lowest BCUT2D eigenvalue weighted by Crippen LogP contribution is -2.21. The van der Waals surface area contributed by atoms with E-state index in [1.54, 1.807) is 31.3 Å². The quantitative estimate of drug-likeness (QED) is 0.826. The zero-order chi connectivity index (χ0) is 15.1. The molecule has 0 amide bonds. The van der Waals surface area contributed by atoms with Gasteiger partial charge in [0.25, 0.3) is 0 Å². The molecule has 0 aromatic carbocycles. The maximum absolute atomic E-state index is 12.7. The number of anilines is 1. The van der Waals surface area contributed by atoms with Crippen molar-refractivity contribution in [3.63, 3.8) is 0 Å². The van der Waals surface area contributed by atoms with E-state index in [-0.39, 0.29) is 11.0 Å². The Hall–Kier alpha value is -1.72. The van der Waals surface area contributed by atoms with Crippen molar-refractivity contribution in [1.82, 2.24) is 9.78 Å². The Labute approximate surface area is 116 Å². The lowest BCUT2D eigenvalue weighted by Gasteiger charge is -2.26. The van der Waals surface area contributed by atoms with Gasteiger partial charge >= 0.3 is 6.18 Å². The first-order valence-electron chi connectivity index (χ1n) is 6.35. The fourth-order valence-corrected chi connectivity index (χ4v) is 2.21. The van der Waals surface area contributed by atoms with Crippen LogP contribution < -0.4 is 4.90 Å². The van der Waals surface area contributed by atoms with E-state index in [9.17, 15) is 13.2 Å². The minimum absolute atomic E-state index is 0.0890. The average molecular weight is 285 g/mol. The SMILES string of the molecule is Cc1nn(C)c(N2C=CC(C)(C)C=C2)c1CC(F)(F)F. The molecule has 0 atom stereocenters. The molecule has 20 heavy (non-hydrogen) atoms. The van der Waals surface area contributed by atoms with Crippen LogP contribution in [-0.2, 0) is 13.5 Å². The van der Waals surface area contributed by atoms with Gasteiger partial charge in [0.1, 0.15) is 5.82 Å². The molecule has 0 bridgehead atoms. The number of nitrogens with zero attached hydrogens (tertiary/aromatic N) is 3. The van der Waals surface area contributed by atoms with Crippen LogP contribution in [0.5, 0.6) is 0 Å². The zero-order valence-corrected chi connectivity index (χ0v) is 12.0. The number of aromatic nitrogens is 2. The summed E-state index contributed by atoms with van der Waals surface area (Å²) in [7, 11) is 1.66. The predicted molar refractivity (Wildman–Crippen MR) is 72.2 cm³/mol. The van der Waals surface area contributed by atoms with Crippen molar-refractivity contribution in [3.8, 4) is 0 Å². The van der Waals surface area contributed by atoms with E-state index >= 15 is 0 Å². The van der Waals surface area contributed by atoms with Gasteiger partial charge < -0.3 is 4.90 Å². The second-order valence-electron chi connectivity index (χ2n) is 5.66. The van der Waals surface area contributed by atoms with Gasteiger partial charge in [0, 0.05) is 30.4 Å². The molecular weight excluding hydrogens is 267 g/mol. The van der Waals surface area contributed by atoms with Crippen LogP contribution in [0.1, 0.15) is 25.1 Å². The molecule has 1 aromatic rings. The van der Waals surface area contributed by atoms with Gasteiger partial charge in [0.15, 0.2) is 0 Å². The van der Waals surface area contributed by atoms with Crippen LogP contribution in [0.25, 0.3) is 0 Å². The van der Waals surface area contributed by atoms with Gasteiger partial charge in [-0.2, -0.15) is 18.3 Å². The van der Waals surface area contributed by atoms with Crippen LogP contribution in [0.3, 0.4) is 0 Å². The van der Waals surface area contributed by atoms with Crippen LogP contribution in [0.4, 0.5) is 19.0 Å². The lowest BCUT2D eigenvalue weighted by molar-refractivity contribution is -0.127. The van der Waals surface area contributed by atoms with E-state index in [1.165, 1.54) is 4.68 Å². The first-order valence-corrected chi connectivity index (χ1v) is 6.35. The minimum Gasteiger partial charge on any atom is -0.309 e. The van der Waals surface area contributed by atoms with Crippen LogP contribution in [0.15, 0.2) is 24.6 Å². The molecule has 3 nitrogen and oxygen atoms in total. The fraction of sp³-hybridized carbons (Fsp3) is 0.500. The molecule has 0 radical (unpaired) electrons. The van der Waals surface area contributed by atoms with Crippen molar-refractivity contribution < 1.29 is 13.2 Å². The van der Waals surface area contributed by atoms with Crippen LogP contribution in [-0.4, -0.2) is 16.0 Å². The lowest BCUT2D eigenvalue weighted by atomic mass is 9.92. The zero-order valence-electron chi connectivity index (χ0n) is 12.0. The first kappa shape index (κ1) is 14.7. The molecule has 2 heterocycles. The molecule has 1 aromatic heterocycles. The number of alkyl halides is 3. The molecule has 6 heteroatoms. The second kappa shape index (κ2) is 4.68. The highest BCUT2D eigenvalue weighted by Gasteiger charge is 2.33. The summed E-state index contributed by atoms with van der Waals surface area (Å²) >= 11 is 0. The second-order valence-corrected chi connectivity index (χ2v) is 5.66. The molecule has 0 N–H and O–H groups in total. The normalized spacial score (nSPS) is 17.9. The maximum Gasteiger partial charge on any atom is 0.393 e. The molecular formula is C14H18F3N3. The first-order chi connectivity index (χ1) is 9.09. The number of hydrogen-bond donors (Lipinski definition) is 0. The van der Waals surface area contributed by atoms with Crippen molar-refractivity contribution >= 4 is 5.82 Å². The van der Waals surface area contributed by atoms with Crippen molar-refractivity contribution in [3.05, 3.63) is 35.8 Å². The highest BCUT2D eigenvalue weighted by atomic mass is 19.4. The van der Waals surface area contributed by atoms with E-state index in [0.717, 1.165) is 0 Å². The van der Waals surface area contributed by atoms with E-state index in [4.69, 9.17) is 0 Å². The van der Waals surface area contributed by atoms with Gasteiger partial charge in [-0.15, -0.1) is 0 Å². The number of hydrogen-bond acceptors (Lipinski definition) is 2. The molecule has 0 spiro atoms. The summed E-state index contributed by atoms with van der Waals surface area (Å²) in [4.78, 5) is 1.69. The maximum atomic E-state index is 12.7. The summed E-state index contributed by atoms with van der Waals surface area (Å²) in [6.07, 6.45) is 2.26. The van der Waals surface area contributed by atoms with Gasteiger partial charge in [0.2, 0.25) is 0 Å². The highest BCUT2D eigenvalue weighted by molar-refractivity contribution is 5.56. The number of halogens is 3. The van der Waals surface area contributed by atoms with Gasteiger partial charge in [-0.05, 0) is 6.92 Å². The van der Waals surface area contributed by atoms with Crippen LogP contribution in [0, 0.1) is 12.3 Å². The number of rotatable bonds is 2. The Morgan fingerprint density at radius 2 is 1.75 bits per heavy atom. The monoisotopic (exact) mass is 285 g/mol. The molecule has 1 aliphatic heterocycles. The highest BCUT2D eigenvalue weighted by Crippen LogP contribution is 2.33. The van der Waals surface area contributed by atoms with E-state index in [2.05, 4.69) is 5.10 Å².